The molecule has 12 heteroatoms. The van der Waals surface area contributed by atoms with Crippen LogP contribution in [0.1, 0.15) is 24.5 Å². The summed E-state index contributed by atoms with van der Waals surface area (Å²) in [6.07, 6.45) is -1.67. The quantitative estimate of drug-likeness (QED) is 0.205. The first-order valence-electron chi connectivity index (χ1n) is 10.5. The van der Waals surface area contributed by atoms with E-state index in [1.54, 1.807) is 4.90 Å². The van der Waals surface area contributed by atoms with Crippen molar-refractivity contribution in [2.24, 2.45) is 5.10 Å². The molecule has 2 aromatic carbocycles. The smallest absolute Gasteiger partial charge is 0.416 e. The van der Waals surface area contributed by atoms with E-state index in [2.05, 4.69) is 20.5 Å². The minimum Gasteiger partial charge on any atom is -0.506 e. The summed E-state index contributed by atoms with van der Waals surface area (Å²) in [4.78, 5) is 9.47. The zero-order valence-electron chi connectivity index (χ0n) is 18.5. The summed E-state index contributed by atoms with van der Waals surface area (Å²) >= 11 is 6.08. The number of aliphatic hydroxyl groups excluding tert-OH is 1. The van der Waals surface area contributed by atoms with Crippen molar-refractivity contribution < 1.29 is 27.8 Å². The molecule has 0 radical (unpaired) electrons. The summed E-state index contributed by atoms with van der Waals surface area (Å²) in [5.74, 6) is -1.05. The van der Waals surface area contributed by atoms with Crippen molar-refractivity contribution in [3.8, 4) is 16.9 Å². The third-order valence-electron chi connectivity index (χ3n) is 4.87. The van der Waals surface area contributed by atoms with E-state index in [9.17, 15) is 27.8 Å². The van der Waals surface area contributed by atoms with Gasteiger partial charge >= 0.3 is 6.18 Å². The van der Waals surface area contributed by atoms with Crippen molar-refractivity contribution in [1.29, 1.82) is 0 Å². The van der Waals surface area contributed by atoms with Gasteiger partial charge in [-0.05, 0) is 41.8 Å². The van der Waals surface area contributed by atoms with Crippen LogP contribution in [0.4, 0.5) is 29.3 Å². The Balaban J connectivity index is 1.86. The molecule has 1 heterocycles. The van der Waals surface area contributed by atoms with Gasteiger partial charge in [0.2, 0.25) is 5.95 Å². The third-order valence-corrected chi connectivity index (χ3v) is 5.16. The minimum absolute atomic E-state index is 0.00830. The first-order valence-corrected chi connectivity index (χ1v) is 10.9. The molecule has 0 saturated heterocycles. The molecule has 3 N–H and O–H groups in total. The largest absolute Gasteiger partial charge is 0.506 e. The number of alkyl halides is 3. The molecule has 1 aromatic heterocycles. The van der Waals surface area contributed by atoms with Crippen LogP contribution in [-0.2, 0) is 6.18 Å². The van der Waals surface area contributed by atoms with Crippen molar-refractivity contribution in [3.63, 3.8) is 0 Å². The number of aromatic nitrogens is 2. The maximum Gasteiger partial charge on any atom is 0.416 e. The van der Waals surface area contributed by atoms with E-state index in [-0.39, 0.29) is 46.8 Å². The van der Waals surface area contributed by atoms with Crippen molar-refractivity contribution >= 4 is 29.6 Å². The second kappa shape index (κ2) is 11.3. The summed E-state index contributed by atoms with van der Waals surface area (Å²) in [6.45, 7) is 2.36. The van der Waals surface area contributed by atoms with Gasteiger partial charge in [-0.3, -0.25) is 0 Å². The number of aromatic hydroxyl groups is 1. The number of anilines is 2. The first-order chi connectivity index (χ1) is 16.6. The molecular formula is C23H22ClF4N5O2. The van der Waals surface area contributed by atoms with Crippen LogP contribution in [0.3, 0.4) is 0 Å². The van der Waals surface area contributed by atoms with E-state index in [1.807, 2.05) is 6.92 Å². The summed E-state index contributed by atoms with van der Waals surface area (Å²) in [7, 11) is 0. The molecule has 0 bridgehead atoms. The molecule has 0 fully saturated rings. The number of nitrogens with zero attached hydrogens (tertiary/aromatic N) is 4. The predicted molar refractivity (Wildman–Crippen MR) is 126 cm³/mol. The van der Waals surface area contributed by atoms with Crippen LogP contribution < -0.4 is 10.3 Å². The van der Waals surface area contributed by atoms with Gasteiger partial charge in [0.05, 0.1) is 29.6 Å². The number of rotatable bonds is 9. The van der Waals surface area contributed by atoms with Gasteiger partial charge in [0.25, 0.3) is 0 Å². The lowest BCUT2D eigenvalue weighted by Gasteiger charge is -2.22. The van der Waals surface area contributed by atoms with E-state index in [1.165, 1.54) is 30.5 Å². The fourth-order valence-corrected chi connectivity index (χ4v) is 3.49. The highest BCUT2D eigenvalue weighted by molar-refractivity contribution is 6.32. The van der Waals surface area contributed by atoms with Crippen molar-refractivity contribution in [1.82, 2.24) is 9.97 Å². The average molecular weight is 512 g/mol. The van der Waals surface area contributed by atoms with Crippen LogP contribution in [0, 0.1) is 5.82 Å². The second-order valence-electron chi connectivity index (χ2n) is 7.42. The third kappa shape index (κ3) is 6.58. The monoisotopic (exact) mass is 511 g/mol. The van der Waals surface area contributed by atoms with E-state index in [4.69, 9.17) is 11.6 Å². The number of hydrogen-bond acceptors (Lipinski definition) is 7. The summed E-state index contributed by atoms with van der Waals surface area (Å²) in [5.41, 5.74) is 2.40. The SMILES string of the molecule is CCCN(CCO)c1nc(N/N=C/c2cc(-c3cccc(C(F)(F)F)c3)cc(Cl)c2O)ncc1F. The molecule has 3 rings (SSSR count). The van der Waals surface area contributed by atoms with Crippen LogP contribution in [0.15, 0.2) is 47.7 Å². The first kappa shape index (κ1) is 26.2. The van der Waals surface area contributed by atoms with Gasteiger partial charge in [-0.25, -0.2) is 14.8 Å². The molecule has 0 aliphatic rings. The normalized spacial score (nSPS) is 11.7. The molecular weight excluding hydrogens is 490 g/mol. The Morgan fingerprint density at radius 3 is 2.63 bits per heavy atom. The Bertz CT molecular complexity index is 1200. The van der Waals surface area contributed by atoms with Gasteiger partial charge in [0, 0.05) is 18.7 Å². The Morgan fingerprint density at radius 1 is 1.17 bits per heavy atom. The van der Waals surface area contributed by atoms with E-state index >= 15 is 0 Å². The zero-order chi connectivity index (χ0) is 25.6. The van der Waals surface area contributed by atoms with Crippen LogP contribution in [-0.4, -0.2) is 46.1 Å². The van der Waals surface area contributed by atoms with Gasteiger partial charge in [0.1, 0.15) is 5.75 Å². The van der Waals surface area contributed by atoms with Crippen molar-refractivity contribution in [2.45, 2.75) is 19.5 Å². The van der Waals surface area contributed by atoms with Gasteiger partial charge in [-0.2, -0.15) is 23.3 Å². The molecule has 7 nitrogen and oxygen atoms in total. The van der Waals surface area contributed by atoms with Crippen LogP contribution in [0.5, 0.6) is 5.75 Å². The van der Waals surface area contributed by atoms with Crippen LogP contribution in [0.2, 0.25) is 5.02 Å². The summed E-state index contributed by atoms with van der Waals surface area (Å²) in [6, 6.07) is 7.45. The van der Waals surface area contributed by atoms with Gasteiger partial charge in [-0.1, -0.05) is 30.7 Å². The molecule has 0 aliphatic heterocycles. The second-order valence-corrected chi connectivity index (χ2v) is 7.83. The Morgan fingerprint density at radius 2 is 1.94 bits per heavy atom. The highest BCUT2D eigenvalue weighted by Gasteiger charge is 2.30. The predicted octanol–water partition coefficient (Wildman–Crippen LogP) is 5.32. The maximum absolute atomic E-state index is 14.2. The number of hydrazone groups is 1. The fraction of sp³-hybridized carbons (Fsp3) is 0.261. The Labute approximate surface area is 203 Å². The number of nitrogens with one attached hydrogen (secondary N) is 1. The van der Waals surface area contributed by atoms with Gasteiger partial charge in [-0.15, -0.1) is 0 Å². The lowest BCUT2D eigenvalue weighted by Crippen LogP contribution is -2.29. The standard InChI is InChI=1S/C23H22ClF4N5O2/c1-2-6-33(7-8-34)21-19(25)13-29-22(31-21)32-30-12-16-9-15(11-18(24)20(16)35)14-4-3-5-17(10-14)23(26,27)28/h3-5,9-13,34-35H,2,6-8H2,1H3,(H,29,31,32)/b30-12+. The topological polar surface area (TPSA) is 93.9 Å². The summed E-state index contributed by atoms with van der Waals surface area (Å²) < 4.78 is 53.5. The minimum atomic E-state index is -4.51. The van der Waals surface area contributed by atoms with E-state index in [0.29, 0.717) is 18.5 Å². The molecule has 186 valence electrons. The highest BCUT2D eigenvalue weighted by atomic mass is 35.5. The van der Waals surface area contributed by atoms with E-state index in [0.717, 1.165) is 18.3 Å². The molecule has 0 amide bonds. The summed E-state index contributed by atoms with van der Waals surface area (Å²) in [5, 5.41) is 23.4. The van der Waals surface area contributed by atoms with E-state index < -0.39 is 17.6 Å². The Hall–Kier alpha value is -3.44. The van der Waals surface area contributed by atoms with Crippen LogP contribution >= 0.6 is 11.6 Å². The number of halogens is 5. The molecule has 0 unspecified atom stereocenters. The van der Waals surface area contributed by atoms with Gasteiger partial charge in [0.15, 0.2) is 11.6 Å². The fourth-order valence-electron chi connectivity index (χ4n) is 3.27. The van der Waals surface area contributed by atoms with Crippen molar-refractivity contribution in [3.05, 3.63) is 64.6 Å². The molecule has 0 spiro atoms. The molecule has 0 aliphatic carbocycles. The lowest BCUT2D eigenvalue weighted by atomic mass is 10.0. The number of aliphatic hydroxyl groups is 1. The maximum atomic E-state index is 14.2. The van der Waals surface area contributed by atoms with Crippen LogP contribution in [0.25, 0.3) is 11.1 Å². The number of phenols is 1. The highest BCUT2D eigenvalue weighted by Crippen LogP contribution is 2.36. The number of benzene rings is 2. The zero-order valence-corrected chi connectivity index (χ0v) is 19.3. The average Bonchev–Trinajstić information content (AvgIpc) is 2.82. The van der Waals surface area contributed by atoms with Crippen molar-refractivity contribution in [2.75, 3.05) is 30.0 Å². The number of hydrogen-bond donors (Lipinski definition) is 3. The molecule has 0 saturated carbocycles. The molecule has 3 aromatic rings. The molecule has 35 heavy (non-hydrogen) atoms. The lowest BCUT2D eigenvalue weighted by molar-refractivity contribution is -0.137. The molecule has 0 atom stereocenters. The number of phenolic OH excluding ortho intramolecular Hbond substituents is 1. The van der Waals surface area contributed by atoms with Gasteiger partial charge < -0.3 is 15.1 Å². The Kier molecular flexibility index (Phi) is 8.47.